The van der Waals surface area contributed by atoms with Gasteiger partial charge in [0.2, 0.25) is 0 Å². The second kappa shape index (κ2) is 18.0. The van der Waals surface area contributed by atoms with E-state index in [0.29, 0.717) is 45.4 Å². The molecule has 2 atom stereocenters. The van der Waals surface area contributed by atoms with Gasteiger partial charge < -0.3 is 38.5 Å². The Kier molecular flexibility index (Phi) is 13.5. The average molecular weight is 594 g/mol. The second-order valence-electron chi connectivity index (χ2n) is 10.2. The topological polar surface area (TPSA) is 93.7 Å². The van der Waals surface area contributed by atoms with E-state index >= 15 is 0 Å². The average Bonchev–Trinajstić information content (AvgIpc) is 3.06. The number of para-hydroxylation sites is 2. The minimum Gasteiger partial charge on any atom is -0.496 e. The molecule has 0 amide bonds. The largest absolute Gasteiger partial charge is 0.507 e. The number of hydrogen-bond donors (Lipinski definition) is 1. The van der Waals surface area contributed by atoms with Gasteiger partial charge in [0, 0.05) is 30.9 Å². The SMILES string of the molecule is COC(=O)OCCc1ccccc1OCCO[C@H]1CNCC[C@@H]1c1ccc(OCCCOCc2ccccc2OC)cc1. The van der Waals surface area contributed by atoms with Crippen molar-refractivity contribution < 1.29 is 38.0 Å². The van der Waals surface area contributed by atoms with Crippen LogP contribution in [-0.2, 0) is 32.0 Å². The summed E-state index contributed by atoms with van der Waals surface area (Å²) in [6, 6.07) is 24.0. The van der Waals surface area contributed by atoms with Crippen molar-refractivity contribution in [1.82, 2.24) is 5.32 Å². The highest BCUT2D eigenvalue weighted by atomic mass is 16.7. The van der Waals surface area contributed by atoms with Crippen LogP contribution in [0, 0.1) is 0 Å². The van der Waals surface area contributed by atoms with Crippen molar-refractivity contribution >= 4 is 6.16 Å². The normalized spacial score (nSPS) is 16.3. The van der Waals surface area contributed by atoms with Gasteiger partial charge in [-0.3, -0.25) is 0 Å². The fourth-order valence-corrected chi connectivity index (χ4v) is 5.06. The first-order valence-electron chi connectivity index (χ1n) is 14.8. The minimum atomic E-state index is -0.688. The Morgan fingerprint density at radius 2 is 1.58 bits per heavy atom. The van der Waals surface area contributed by atoms with E-state index in [4.69, 9.17) is 28.4 Å². The molecule has 1 heterocycles. The van der Waals surface area contributed by atoms with Gasteiger partial charge in [-0.1, -0.05) is 48.5 Å². The van der Waals surface area contributed by atoms with E-state index in [2.05, 4.69) is 22.2 Å². The van der Waals surface area contributed by atoms with Crippen LogP contribution in [0.5, 0.6) is 17.2 Å². The molecule has 3 aromatic carbocycles. The zero-order valence-electron chi connectivity index (χ0n) is 25.1. The first kappa shape index (κ1) is 32.1. The first-order chi connectivity index (χ1) is 21.2. The monoisotopic (exact) mass is 593 g/mol. The van der Waals surface area contributed by atoms with Crippen LogP contribution in [0.25, 0.3) is 0 Å². The number of benzene rings is 3. The molecule has 0 radical (unpaired) electrons. The molecule has 0 aliphatic carbocycles. The Hall–Kier alpha value is -3.79. The third-order valence-electron chi connectivity index (χ3n) is 7.29. The van der Waals surface area contributed by atoms with Crippen LogP contribution in [0.1, 0.15) is 35.4 Å². The maximum atomic E-state index is 11.2. The van der Waals surface area contributed by atoms with Gasteiger partial charge in [-0.15, -0.1) is 0 Å². The van der Waals surface area contributed by atoms with Crippen LogP contribution >= 0.6 is 0 Å². The van der Waals surface area contributed by atoms with Gasteiger partial charge in [0.25, 0.3) is 0 Å². The molecule has 0 spiro atoms. The van der Waals surface area contributed by atoms with E-state index in [1.54, 1.807) is 7.11 Å². The lowest BCUT2D eigenvalue weighted by Crippen LogP contribution is -2.41. The maximum absolute atomic E-state index is 11.2. The van der Waals surface area contributed by atoms with E-state index in [-0.39, 0.29) is 12.7 Å². The Labute approximate surface area is 254 Å². The smallest absolute Gasteiger partial charge is 0.496 e. The summed E-state index contributed by atoms with van der Waals surface area (Å²) < 4.78 is 38.9. The van der Waals surface area contributed by atoms with Crippen LogP contribution in [-0.4, -0.2) is 72.6 Å². The van der Waals surface area contributed by atoms with Crippen molar-refractivity contribution in [3.05, 3.63) is 89.5 Å². The van der Waals surface area contributed by atoms with Crippen molar-refractivity contribution in [2.24, 2.45) is 0 Å². The molecule has 0 unspecified atom stereocenters. The molecule has 1 aliphatic rings. The summed E-state index contributed by atoms with van der Waals surface area (Å²) in [5.74, 6) is 2.75. The first-order valence-corrected chi connectivity index (χ1v) is 14.8. The van der Waals surface area contributed by atoms with Gasteiger partial charge in [-0.25, -0.2) is 4.79 Å². The number of carbonyl (C=O) groups excluding carboxylic acids is 1. The van der Waals surface area contributed by atoms with Crippen LogP contribution in [0.4, 0.5) is 4.79 Å². The Balaban J connectivity index is 1.16. The molecular weight excluding hydrogens is 550 g/mol. The number of carbonyl (C=O) groups is 1. The van der Waals surface area contributed by atoms with Gasteiger partial charge >= 0.3 is 6.16 Å². The van der Waals surface area contributed by atoms with Crippen molar-refractivity contribution in [3.8, 4) is 17.2 Å². The summed E-state index contributed by atoms with van der Waals surface area (Å²) in [5, 5.41) is 3.45. The fourth-order valence-electron chi connectivity index (χ4n) is 5.06. The van der Waals surface area contributed by atoms with Crippen molar-refractivity contribution in [2.75, 3.05) is 60.3 Å². The third-order valence-corrected chi connectivity index (χ3v) is 7.29. The van der Waals surface area contributed by atoms with E-state index < -0.39 is 6.16 Å². The summed E-state index contributed by atoms with van der Waals surface area (Å²) in [5.41, 5.74) is 3.25. The Morgan fingerprint density at radius 3 is 2.37 bits per heavy atom. The molecule has 1 N–H and O–H groups in total. The van der Waals surface area contributed by atoms with Crippen molar-refractivity contribution in [1.29, 1.82) is 0 Å². The quantitative estimate of drug-likeness (QED) is 0.160. The molecule has 4 rings (SSSR count). The van der Waals surface area contributed by atoms with E-state index in [1.165, 1.54) is 12.7 Å². The lowest BCUT2D eigenvalue weighted by molar-refractivity contribution is 0.00717. The van der Waals surface area contributed by atoms with E-state index in [0.717, 1.165) is 54.3 Å². The number of rotatable bonds is 17. The fraction of sp³-hybridized carbons (Fsp3) is 0.441. The summed E-state index contributed by atoms with van der Waals surface area (Å²) in [7, 11) is 2.96. The standard InChI is InChI=1S/C34H43NO8/c1-37-31-10-5-4-9-28(31)25-39-19-7-20-40-29-14-12-26(13-15-29)30-16-18-35-24-33(30)42-23-22-41-32-11-6-3-8-27(32)17-21-43-34(36)38-2/h3-6,8-15,30,33,35H,7,16-25H2,1-2H3/t30-,33+/m1/s1. The third kappa shape index (κ3) is 10.5. The molecule has 0 saturated carbocycles. The Bertz CT molecular complexity index is 1240. The van der Waals surface area contributed by atoms with Gasteiger partial charge in [0.1, 0.15) is 23.9 Å². The number of piperidine rings is 1. The van der Waals surface area contributed by atoms with Crippen LogP contribution < -0.4 is 19.5 Å². The van der Waals surface area contributed by atoms with E-state index in [1.807, 2.05) is 60.7 Å². The minimum absolute atomic E-state index is 0.0493. The lowest BCUT2D eigenvalue weighted by atomic mass is 9.88. The predicted molar refractivity (Wildman–Crippen MR) is 163 cm³/mol. The summed E-state index contributed by atoms with van der Waals surface area (Å²) in [6.45, 7) is 4.58. The van der Waals surface area contributed by atoms with Crippen LogP contribution in [0.3, 0.4) is 0 Å². The second-order valence-corrected chi connectivity index (χ2v) is 10.2. The molecule has 232 valence electrons. The highest BCUT2D eigenvalue weighted by Gasteiger charge is 2.27. The molecule has 1 aliphatic heterocycles. The Morgan fingerprint density at radius 1 is 0.814 bits per heavy atom. The van der Waals surface area contributed by atoms with Gasteiger partial charge in [0.05, 0.1) is 53.4 Å². The van der Waals surface area contributed by atoms with Crippen molar-refractivity contribution in [2.45, 2.75) is 37.9 Å². The molecule has 0 bridgehead atoms. The highest BCUT2D eigenvalue weighted by Crippen LogP contribution is 2.29. The van der Waals surface area contributed by atoms with Gasteiger partial charge in [-0.2, -0.15) is 0 Å². The lowest BCUT2D eigenvalue weighted by Gasteiger charge is -2.32. The number of hydrogen-bond acceptors (Lipinski definition) is 9. The number of nitrogens with one attached hydrogen (secondary N) is 1. The summed E-state index contributed by atoms with van der Waals surface area (Å²) in [4.78, 5) is 11.2. The number of ether oxygens (including phenoxy) is 7. The van der Waals surface area contributed by atoms with E-state index in [9.17, 15) is 4.79 Å². The predicted octanol–water partition coefficient (Wildman–Crippen LogP) is 5.55. The molecule has 43 heavy (non-hydrogen) atoms. The molecule has 9 heteroatoms. The zero-order valence-corrected chi connectivity index (χ0v) is 25.1. The number of methoxy groups -OCH3 is 2. The molecule has 9 nitrogen and oxygen atoms in total. The maximum Gasteiger partial charge on any atom is 0.507 e. The molecular formula is C34H43NO8. The zero-order chi connectivity index (χ0) is 30.1. The summed E-state index contributed by atoms with van der Waals surface area (Å²) >= 11 is 0. The van der Waals surface area contributed by atoms with Crippen LogP contribution in [0.15, 0.2) is 72.8 Å². The van der Waals surface area contributed by atoms with Crippen molar-refractivity contribution in [3.63, 3.8) is 0 Å². The van der Waals surface area contributed by atoms with Crippen LogP contribution in [0.2, 0.25) is 0 Å². The molecule has 0 aromatic heterocycles. The summed E-state index contributed by atoms with van der Waals surface area (Å²) in [6.07, 6.45) is 1.70. The highest BCUT2D eigenvalue weighted by molar-refractivity contribution is 5.59. The molecule has 1 saturated heterocycles. The van der Waals surface area contributed by atoms with Gasteiger partial charge in [-0.05, 0) is 48.4 Å². The molecule has 1 fully saturated rings. The van der Waals surface area contributed by atoms with Gasteiger partial charge in [0.15, 0.2) is 0 Å². The molecule has 3 aromatic rings.